The van der Waals surface area contributed by atoms with Gasteiger partial charge < -0.3 is 0 Å². The lowest BCUT2D eigenvalue weighted by Crippen LogP contribution is -1.96. The van der Waals surface area contributed by atoms with Crippen LogP contribution in [0, 0.1) is 17.0 Å². The van der Waals surface area contributed by atoms with Gasteiger partial charge in [-0.25, -0.2) is 13.1 Å². The number of hydrogen-bond acceptors (Lipinski definition) is 5. The maximum atomic E-state index is 11.1. The number of aryl methyl sites for hydroxylation is 1. The number of rotatable bonds is 3. The highest BCUT2D eigenvalue weighted by atomic mass is 35.7. The van der Waals surface area contributed by atoms with Crippen LogP contribution < -0.4 is 0 Å². The van der Waals surface area contributed by atoms with Crippen molar-refractivity contribution >= 4 is 25.4 Å². The van der Waals surface area contributed by atoms with E-state index < -0.39 is 14.0 Å². The average molecular weight is 302 g/mol. The van der Waals surface area contributed by atoms with E-state index >= 15 is 0 Å². The molecule has 0 radical (unpaired) electrons. The molecule has 2 rings (SSSR count). The van der Waals surface area contributed by atoms with Crippen LogP contribution in [0.25, 0.3) is 5.69 Å². The largest absolute Gasteiger partial charge is 0.310 e. The van der Waals surface area contributed by atoms with Gasteiger partial charge >= 0.3 is 5.69 Å². The van der Waals surface area contributed by atoms with Crippen molar-refractivity contribution in [2.24, 2.45) is 0 Å². The minimum Gasteiger partial charge on any atom is -0.258 e. The van der Waals surface area contributed by atoms with Gasteiger partial charge in [0.1, 0.15) is 11.9 Å². The Labute approximate surface area is 113 Å². The van der Waals surface area contributed by atoms with Crippen LogP contribution in [0.2, 0.25) is 0 Å². The predicted octanol–water partition coefficient (Wildman–Crippen LogP) is 2.02. The molecule has 0 aliphatic carbocycles. The van der Waals surface area contributed by atoms with Crippen molar-refractivity contribution in [3.05, 3.63) is 46.3 Å². The normalized spacial score (nSPS) is 11.5. The van der Waals surface area contributed by atoms with E-state index in [4.69, 9.17) is 10.7 Å². The highest BCUT2D eigenvalue weighted by molar-refractivity contribution is 8.13. The Balaban J connectivity index is 2.43. The third-order valence-electron chi connectivity index (χ3n) is 2.45. The van der Waals surface area contributed by atoms with Crippen LogP contribution in [0.3, 0.4) is 0 Å². The Morgan fingerprint density at radius 1 is 1.32 bits per heavy atom. The van der Waals surface area contributed by atoms with Gasteiger partial charge in [0.05, 0.1) is 15.5 Å². The summed E-state index contributed by atoms with van der Waals surface area (Å²) >= 11 is 0. The van der Waals surface area contributed by atoms with Gasteiger partial charge in [0.25, 0.3) is 9.05 Å². The van der Waals surface area contributed by atoms with Crippen molar-refractivity contribution < 1.29 is 13.3 Å². The molecule has 0 saturated heterocycles. The van der Waals surface area contributed by atoms with E-state index in [0.29, 0.717) is 5.69 Å². The molecule has 0 unspecified atom stereocenters. The van der Waals surface area contributed by atoms with Gasteiger partial charge in [0.2, 0.25) is 0 Å². The molecular formula is C10H8ClN3O4S. The van der Waals surface area contributed by atoms with Crippen molar-refractivity contribution in [1.82, 2.24) is 9.78 Å². The van der Waals surface area contributed by atoms with Crippen molar-refractivity contribution in [2.45, 2.75) is 11.8 Å². The molecule has 2 aromatic rings. The highest BCUT2D eigenvalue weighted by Gasteiger charge is 2.16. The van der Waals surface area contributed by atoms with E-state index in [9.17, 15) is 18.5 Å². The molecule has 1 aromatic heterocycles. The molecule has 1 aromatic carbocycles. The lowest BCUT2D eigenvalue weighted by atomic mass is 10.3. The van der Waals surface area contributed by atoms with Gasteiger partial charge in [-0.15, -0.1) is 0 Å². The van der Waals surface area contributed by atoms with Crippen LogP contribution in [-0.2, 0) is 9.05 Å². The maximum absolute atomic E-state index is 11.1. The second-order valence-corrected chi connectivity index (χ2v) is 6.30. The zero-order valence-corrected chi connectivity index (χ0v) is 11.2. The number of aromatic nitrogens is 2. The summed E-state index contributed by atoms with van der Waals surface area (Å²) in [7, 11) is 1.40. The van der Waals surface area contributed by atoms with E-state index in [1.54, 1.807) is 0 Å². The number of halogens is 1. The van der Waals surface area contributed by atoms with Crippen molar-refractivity contribution in [1.29, 1.82) is 0 Å². The zero-order chi connectivity index (χ0) is 14.2. The van der Waals surface area contributed by atoms with Crippen LogP contribution in [0.5, 0.6) is 0 Å². The molecule has 0 N–H and O–H groups in total. The van der Waals surface area contributed by atoms with Crippen LogP contribution in [0.15, 0.2) is 35.4 Å². The molecule has 100 valence electrons. The lowest BCUT2D eigenvalue weighted by molar-refractivity contribution is -0.385. The van der Waals surface area contributed by atoms with Crippen LogP contribution in [-0.4, -0.2) is 23.1 Å². The van der Waals surface area contributed by atoms with Gasteiger partial charge in [0, 0.05) is 10.7 Å². The van der Waals surface area contributed by atoms with Crippen molar-refractivity contribution in [3.63, 3.8) is 0 Å². The quantitative estimate of drug-likeness (QED) is 0.491. The van der Waals surface area contributed by atoms with Crippen LogP contribution >= 0.6 is 10.7 Å². The molecule has 19 heavy (non-hydrogen) atoms. The molecule has 0 spiro atoms. The molecule has 0 aliphatic heterocycles. The predicted molar refractivity (Wildman–Crippen MR) is 68.0 cm³/mol. The van der Waals surface area contributed by atoms with Crippen LogP contribution in [0.1, 0.15) is 5.69 Å². The molecule has 0 saturated carbocycles. The highest BCUT2D eigenvalue weighted by Crippen LogP contribution is 2.20. The number of benzene rings is 1. The molecule has 9 heteroatoms. The minimum absolute atomic E-state index is 0.0451. The molecule has 1 heterocycles. The van der Waals surface area contributed by atoms with Crippen LogP contribution in [0.4, 0.5) is 5.69 Å². The Hall–Kier alpha value is -1.93. The fourth-order valence-electron chi connectivity index (χ4n) is 1.52. The minimum atomic E-state index is -3.78. The second kappa shape index (κ2) is 4.63. The summed E-state index contributed by atoms with van der Waals surface area (Å²) < 4.78 is 23.5. The molecular weight excluding hydrogens is 294 g/mol. The topological polar surface area (TPSA) is 95.1 Å². The first-order chi connectivity index (χ1) is 8.79. The van der Waals surface area contributed by atoms with E-state index in [-0.39, 0.29) is 16.3 Å². The third kappa shape index (κ3) is 2.74. The Bertz CT molecular complexity index is 737. The number of nitrogens with zero attached hydrogens (tertiary/aromatic N) is 3. The van der Waals surface area contributed by atoms with E-state index in [1.807, 2.05) is 0 Å². The smallest absolute Gasteiger partial charge is 0.258 e. The molecule has 0 aliphatic rings. The van der Waals surface area contributed by atoms with Gasteiger partial charge in [-0.3, -0.25) is 10.1 Å². The Morgan fingerprint density at radius 3 is 2.32 bits per heavy atom. The number of nitro groups is 1. The van der Waals surface area contributed by atoms with Gasteiger partial charge in [-0.1, -0.05) is 0 Å². The van der Waals surface area contributed by atoms with Crippen molar-refractivity contribution in [2.75, 3.05) is 0 Å². The first kappa shape index (κ1) is 13.5. The summed E-state index contributed by atoms with van der Waals surface area (Å²) in [5, 5.41) is 14.7. The van der Waals surface area contributed by atoms with E-state index in [2.05, 4.69) is 5.10 Å². The average Bonchev–Trinajstić information content (AvgIpc) is 2.70. The maximum Gasteiger partial charge on any atom is 0.310 e. The fourth-order valence-corrected chi connectivity index (χ4v) is 2.29. The van der Waals surface area contributed by atoms with E-state index in [0.717, 1.165) is 0 Å². The SMILES string of the molecule is Cc1nn(-c2ccc(S(=O)(=O)Cl)cc2)cc1[N+](=O)[O-]. The van der Waals surface area contributed by atoms with Gasteiger partial charge in [-0.2, -0.15) is 5.10 Å². The fraction of sp³-hybridized carbons (Fsp3) is 0.100. The van der Waals surface area contributed by atoms with Crippen molar-refractivity contribution in [3.8, 4) is 5.69 Å². The molecule has 7 nitrogen and oxygen atoms in total. The second-order valence-electron chi connectivity index (χ2n) is 3.73. The summed E-state index contributed by atoms with van der Waals surface area (Å²) in [5.74, 6) is 0. The molecule has 0 atom stereocenters. The summed E-state index contributed by atoms with van der Waals surface area (Å²) in [6.07, 6.45) is 1.26. The Kier molecular flexibility index (Phi) is 3.29. The molecule has 0 bridgehead atoms. The first-order valence-electron chi connectivity index (χ1n) is 5.05. The summed E-state index contributed by atoms with van der Waals surface area (Å²) in [5.41, 5.74) is 0.674. The lowest BCUT2D eigenvalue weighted by Gasteiger charge is -2.01. The number of hydrogen-bond donors (Lipinski definition) is 0. The summed E-state index contributed by atoms with van der Waals surface area (Å²) in [6, 6.07) is 5.54. The summed E-state index contributed by atoms with van der Waals surface area (Å²) in [6.45, 7) is 1.52. The summed E-state index contributed by atoms with van der Waals surface area (Å²) in [4.78, 5) is 10.1. The standard InChI is InChI=1S/C10H8ClN3O4S/c1-7-10(14(15)16)6-13(12-7)8-2-4-9(5-3-8)19(11,17)18/h2-6H,1H3. The van der Waals surface area contributed by atoms with Gasteiger partial charge in [0.15, 0.2) is 0 Å². The van der Waals surface area contributed by atoms with Gasteiger partial charge in [-0.05, 0) is 31.2 Å². The molecule has 0 amide bonds. The Morgan fingerprint density at radius 2 is 1.89 bits per heavy atom. The first-order valence-corrected chi connectivity index (χ1v) is 7.36. The van der Waals surface area contributed by atoms with E-state index in [1.165, 1.54) is 42.1 Å². The third-order valence-corrected chi connectivity index (χ3v) is 3.82. The molecule has 0 fully saturated rings. The monoisotopic (exact) mass is 301 g/mol. The zero-order valence-electron chi connectivity index (χ0n) is 9.65.